The van der Waals surface area contributed by atoms with E-state index >= 15 is 0 Å². The van der Waals surface area contributed by atoms with Gasteiger partial charge in [0.2, 0.25) is 0 Å². The second kappa shape index (κ2) is 6.77. The maximum atomic E-state index is 6.00. The van der Waals surface area contributed by atoms with Crippen LogP contribution in [0.2, 0.25) is 5.02 Å². The van der Waals surface area contributed by atoms with E-state index in [4.69, 9.17) is 16.3 Å². The van der Waals surface area contributed by atoms with Crippen LogP contribution in [0, 0.1) is 0 Å². The molecule has 1 N–H and O–H groups in total. The lowest BCUT2D eigenvalue weighted by atomic mass is 10.1. The number of ether oxygens (including phenoxy) is 1. The molecule has 0 radical (unpaired) electrons. The summed E-state index contributed by atoms with van der Waals surface area (Å²) in [4.78, 5) is 0. The molecule has 2 rings (SSSR count). The zero-order valence-corrected chi connectivity index (χ0v) is 12.8. The fraction of sp³-hybridized carbons (Fsp3) is 0.400. The van der Waals surface area contributed by atoms with Crippen molar-refractivity contribution in [1.82, 2.24) is 15.1 Å². The Morgan fingerprint density at radius 1 is 1.40 bits per heavy atom. The van der Waals surface area contributed by atoms with Crippen molar-refractivity contribution < 1.29 is 4.74 Å². The third-order valence-corrected chi connectivity index (χ3v) is 3.42. The molecule has 0 saturated heterocycles. The number of nitrogens with zero attached hydrogens (tertiary/aromatic N) is 2. The Hall–Kier alpha value is -1.52. The minimum Gasteiger partial charge on any atom is -0.489 e. The van der Waals surface area contributed by atoms with Gasteiger partial charge >= 0.3 is 0 Å². The Kier molecular flexibility index (Phi) is 5.04. The van der Waals surface area contributed by atoms with Crippen LogP contribution in [-0.2, 0) is 7.05 Å². The average Bonchev–Trinajstić information content (AvgIpc) is 2.82. The predicted molar refractivity (Wildman–Crippen MR) is 81.2 cm³/mol. The van der Waals surface area contributed by atoms with Gasteiger partial charge in [-0.05, 0) is 37.7 Å². The van der Waals surface area contributed by atoms with Crippen molar-refractivity contribution in [3.05, 3.63) is 47.2 Å². The number of halogens is 1. The molecule has 0 aliphatic rings. The third-order valence-electron chi connectivity index (χ3n) is 3.19. The Morgan fingerprint density at radius 3 is 2.80 bits per heavy atom. The Morgan fingerprint density at radius 2 is 2.20 bits per heavy atom. The highest BCUT2D eigenvalue weighted by Gasteiger charge is 2.22. The molecule has 0 amide bonds. The first-order valence-corrected chi connectivity index (χ1v) is 7.13. The molecular formula is C15H20ClN3O. The van der Waals surface area contributed by atoms with Gasteiger partial charge in [-0.25, -0.2) is 0 Å². The van der Waals surface area contributed by atoms with E-state index in [1.165, 1.54) is 0 Å². The molecule has 5 heteroatoms. The van der Waals surface area contributed by atoms with Gasteiger partial charge in [-0.15, -0.1) is 0 Å². The van der Waals surface area contributed by atoms with Crippen LogP contribution in [0.4, 0.5) is 0 Å². The zero-order chi connectivity index (χ0) is 14.5. The minimum atomic E-state index is -0.0381. The van der Waals surface area contributed by atoms with Gasteiger partial charge in [-0.1, -0.05) is 24.6 Å². The smallest absolute Gasteiger partial charge is 0.121 e. The van der Waals surface area contributed by atoms with Crippen molar-refractivity contribution >= 4 is 11.6 Å². The standard InChI is InChI=1S/C15H20ClN3O/c1-4-17-15(14-8-9-18-19(14)3)11(2)20-13-7-5-6-12(16)10-13/h5-11,15,17H,4H2,1-3H3. The lowest BCUT2D eigenvalue weighted by Gasteiger charge is -2.26. The molecule has 2 aromatic rings. The van der Waals surface area contributed by atoms with Gasteiger partial charge in [0.15, 0.2) is 0 Å². The number of aromatic nitrogens is 2. The van der Waals surface area contributed by atoms with Gasteiger partial charge in [0.05, 0.1) is 11.7 Å². The van der Waals surface area contributed by atoms with Crippen LogP contribution in [0.15, 0.2) is 36.5 Å². The summed E-state index contributed by atoms with van der Waals surface area (Å²) in [5.74, 6) is 0.773. The van der Waals surface area contributed by atoms with E-state index in [2.05, 4.69) is 17.3 Å². The van der Waals surface area contributed by atoms with Gasteiger partial charge < -0.3 is 10.1 Å². The summed E-state index contributed by atoms with van der Waals surface area (Å²) in [7, 11) is 1.94. The van der Waals surface area contributed by atoms with Crippen LogP contribution >= 0.6 is 11.6 Å². The first-order chi connectivity index (χ1) is 9.61. The molecule has 20 heavy (non-hydrogen) atoms. The second-order valence-electron chi connectivity index (χ2n) is 4.70. The fourth-order valence-electron chi connectivity index (χ4n) is 2.24. The fourth-order valence-corrected chi connectivity index (χ4v) is 2.42. The Labute approximate surface area is 124 Å². The van der Waals surface area contributed by atoms with Gasteiger partial charge in [0, 0.05) is 18.3 Å². The van der Waals surface area contributed by atoms with Crippen LogP contribution in [0.5, 0.6) is 5.75 Å². The van der Waals surface area contributed by atoms with E-state index in [0.29, 0.717) is 5.02 Å². The van der Waals surface area contributed by atoms with Crippen LogP contribution < -0.4 is 10.1 Å². The summed E-state index contributed by atoms with van der Waals surface area (Å²) in [6.45, 7) is 4.98. The van der Waals surface area contributed by atoms with Crippen molar-refractivity contribution in [2.24, 2.45) is 7.05 Å². The topological polar surface area (TPSA) is 39.1 Å². The van der Waals surface area contributed by atoms with Crippen LogP contribution in [0.1, 0.15) is 25.6 Å². The highest BCUT2D eigenvalue weighted by Crippen LogP contribution is 2.23. The molecule has 0 bridgehead atoms. The lowest BCUT2D eigenvalue weighted by molar-refractivity contribution is 0.167. The summed E-state index contributed by atoms with van der Waals surface area (Å²) < 4.78 is 7.87. The van der Waals surface area contributed by atoms with Crippen molar-refractivity contribution in [1.29, 1.82) is 0 Å². The van der Waals surface area contributed by atoms with Crippen molar-refractivity contribution in [3.63, 3.8) is 0 Å². The summed E-state index contributed by atoms with van der Waals surface area (Å²) in [6.07, 6.45) is 1.76. The monoisotopic (exact) mass is 293 g/mol. The normalized spacial score (nSPS) is 14.0. The number of hydrogen-bond acceptors (Lipinski definition) is 3. The van der Waals surface area contributed by atoms with E-state index in [1.54, 1.807) is 6.20 Å². The minimum absolute atomic E-state index is 0.0381. The van der Waals surface area contributed by atoms with Crippen molar-refractivity contribution in [2.45, 2.75) is 26.0 Å². The van der Waals surface area contributed by atoms with E-state index in [-0.39, 0.29) is 12.1 Å². The van der Waals surface area contributed by atoms with E-state index in [9.17, 15) is 0 Å². The molecule has 1 aromatic heterocycles. The van der Waals surface area contributed by atoms with E-state index < -0.39 is 0 Å². The van der Waals surface area contributed by atoms with Gasteiger partial charge in [0.25, 0.3) is 0 Å². The number of rotatable bonds is 6. The average molecular weight is 294 g/mol. The van der Waals surface area contributed by atoms with Gasteiger partial charge in [0.1, 0.15) is 11.9 Å². The summed E-state index contributed by atoms with van der Waals surface area (Å²) in [5, 5.41) is 8.34. The highest BCUT2D eigenvalue weighted by atomic mass is 35.5. The highest BCUT2D eigenvalue weighted by molar-refractivity contribution is 6.30. The molecule has 0 spiro atoms. The molecule has 2 unspecified atom stereocenters. The first-order valence-electron chi connectivity index (χ1n) is 6.75. The van der Waals surface area contributed by atoms with Crippen molar-refractivity contribution in [2.75, 3.05) is 6.54 Å². The van der Waals surface area contributed by atoms with Crippen LogP contribution in [0.3, 0.4) is 0 Å². The van der Waals surface area contributed by atoms with Gasteiger partial charge in [-0.2, -0.15) is 5.10 Å². The Bertz CT molecular complexity index is 556. The Balaban J connectivity index is 2.15. The lowest BCUT2D eigenvalue weighted by Crippen LogP contribution is -2.35. The maximum absolute atomic E-state index is 6.00. The molecule has 0 aliphatic heterocycles. The molecule has 0 aliphatic carbocycles. The molecule has 0 saturated carbocycles. The van der Waals surface area contributed by atoms with Crippen LogP contribution in [0.25, 0.3) is 0 Å². The number of nitrogens with one attached hydrogen (secondary N) is 1. The third kappa shape index (κ3) is 3.52. The number of hydrogen-bond donors (Lipinski definition) is 1. The SMILES string of the molecule is CCNC(c1ccnn1C)C(C)Oc1cccc(Cl)c1. The summed E-state index contributed by atoms with van der Waals surface area (Å²) >= 11 is 5.98. The van der Waals surface area contributed by atoms with Crippen molar-refractivity contribution in [3.8, 4) is 5.75 Å². The predicted octanol–water partition coefficient (Wildman–Crippen LogP) is 3.19. The number of benzene rings is 1. The summed E-state index contributed by atoms with van der Waals surface area (Å²) in [6, 6.07) is 9.54. The molecule has 108 valence electrons. The molecular weight excluding hydrogens is 274 g/mol. The molecule has 2 atom stereocenters. The molecule has 1 heterocycles. The molecule has 0 fully saturated rings. The second-order valence-corrected chi connectivity index (χ2v) is 5.13. The zero-order valence-electron chi connectivity index (χ0n) is 12.0. The number of likely N-dealkylation sites (N-methyl/N-ethyl adjacent to an activating group) is 1. The van der Waals surface area contributed by atoms with Gasteiger partial charge in [-0.3, -0.25) is 4.68 Å². The molecule has 1 aromatic carbocycles. The largest absolute Gasteiger partial charge is 0.489 e. The van der Waals surface area contributed by atoms with E-state index in [0.717, 1.165) is 18.0 Å². The first kappa shape index (κ1) is 14.9. The number of aryl methyl sites for hydroxylation is 1. The molecule has 4 nitrogen and oxygen atoms in total. The summed E-state index contributed by atoms with van der Waals surface area (Å²) in [5.41, 5.74) is 1.10. The maximum Gasteiger partial charge on any atom is 0.121 e. The quantitative estimate of drug-likeness (QED) is 0.889. The van der Waals surface area contributed by atoms with Crippen LogP contribution in [-0.4, -0.2) is 22.4 Å². The van der Waals surface area contributed by atoms with E-state index in [1.807, 2.05) is 49.0 Å².